The lowest BCUT2D eigenvalue weighted by Gasteiger charge is -2.11. The Bertz CT molecular complexity index is 849. The molecular formula is C17H12BrClN4. The molecule has 0 aliphatic heterocycles. The standard InChI is InChI=1S/C17H12BrClN4/c18-12-6-4-11(5-7-12)16(20)15-9-21-10-22-17(15)23-14-3-1-2-13(19)8-14/h1-10,20H,(H,21,22,23). The van der Waals surface area contributed by atoms with Crippen LogP contribution in [-0.4, -0.2) is 15.7 Å². The molecule has 0 spiro atoms. The minimum atomic E-state index is 0.350. The lowest BCUT2D eigenvalue weighted by atomic mass is 10.0. The fraction of sp³-hybridized carbons (Fsp3) is 0. The molecule has 114 valence electrons. The van der Waals surface area contributed by atoms with Crippen LogP contribution in [0.1, 0.15) is 11.1 Å². The van der Waals surface area contributed by atoms with Crippen LogP contribution < -0.4 is 5.32 Å². The van der Waals surface area contributed by atoms with Gasteiger partial charge in [-0.3, -0.25) is 5.41 Å². The fourth-order valence-electron chi connectivity index (χ4n) is 2.09. The Hall–Kier alpha value is -2.24. The van der Waals surface area contributed by atoms with Gasteiger partial charge >= 0.3 is 0 Å². The predicted octanol–water partition coefficient (Wildman–Crippen LogP) is 5.05. The highest BCUT2D eigenvalue weighted by molar-refractivity contribution is 9.10. The van der Waals surface area contributed by atoms with E-state index in [1.54, 1.807) is 18.3 Å². The molecule has 0 amide bonds. The van der Waals surface area contributed by atoms with Crippen molar-refractivity contribution in [2.75, 3.05) is 5.32 Å². The summed E-state index contributed by atoms with van der Waals surface area (Å²) in [6.07, 6.45) is 3.08. The van der Waals surface area contributed by atoms with Gasteiger partial charge in [0.05, 0.1) is 11.3 Å². The van der Waals surface area contributed by atoms with Gasteiger partial charge in [-0.2, -0.15) is 0 Å². The molecule has 0 atom stereocenters. The lowest BCUT2D eigenvalue weighted by molar-refractivity contribution is 1.15. The first kappa shape index (κ1) is 15.6. The van der Waals surface area contributed by atoms with E-state index in [0.29, 0.717) is 22.1 Å². The van der Waals surface area contributed by atoms with Crippen molar-refractivity contribution < 1.29 is 0 Å². The van der Waals surface area contributed by atoms with E-state index in [1.807, 2.05) is 36.4 Å². The average Bonchev–Trinajstić information content (AvgIpc) is 2.55. The number of benzene rings is 2. The second kappa shape index (κ2) is 6.89. The van der Waals surface area contributed by atoms with Crippen LogP contribution >= 0.6 is 27.5 Å². The molecule has 2 N–H and O–H groups in total. The van der Waals surface area contributed by atoms with Gasteiger partial charge in [-0.15, -0.1) is 0 Å². The molecule has 1 aromatic heterocycles. The lowest BCUT2D eigenvalue weighted by Crippen LogP contribution is -2.07. The third-order valence-electron chi connectivity index (χ3n) is 3.20. The second-order valence-electron chi connectivity index (χ2n) is 4.80. The number of nitrogens with zero attached hydrogens (tertiary/aromatic N) is 2. The average molecular weight is 388 g/mol. The van der Waals surface area contributed by atoms with Gasteiger partial charge in [0.15, 0.2) is 0 Å². The van der Waals surface area contributed by atoms with Crippen molar-refractivity contribution in [1.82, 2.24) is 9.97 Å². The molecule has 23 heavy (non-hydrogen) atoms. The Balaban J connectivity index is 1.94. The molecule has 2 aromatic carbocycles. The summed E-state index contributed by atoms with van der Waals surface area (Å²) in [6, 6.07) is 14.9. The van der Waals surface area contributed by atoms with Gasteiger partial charge in [0.25, 0.3) is 0 Å². The molecule has 0 aliphatic rings. The Morgan fingerprint density at radius 2 is 1.91 bits per heavy atom. The van der Waals surface area contributed by atoms with E-state index >= 15 is 0 Å². The van der Waals surface area contributed by atoms with E-state index < -0.39 is 0 Å². The number of halogens is 2. The van der Waals surface area contributed by atoms with E-state index in [9.17, 15) is 0 Å². The van der Waals surface area contributed by atoms with E-state index in [0.717, 1.165) is 15.7 Å². The minimum absolute atomic E-state index is 0.350. The van der Waals surface area contributed by atoms with Crippen molar-refractivity contribution in [3.05, 3.63) is 81.7 Å². The van der Waals surface area contributed by atoms with Crippen molar-refractivity contribution in [3.63, 3.8) is 0 Å². The molecular weight excluding hydrogens is 376 g/mol. The van der Waals surface area contributed by atoms with Crippen molar-refractivity contribution in [1.29, 1.82) is 5.41 Å². The summed E-state index contributed by atoms with van der Waals surface area (Å²) < 4.78 is 0.968. The van der Waals surface area contributed by atoms with Crippen LogP contribution in [0.5, 0.6) is 0 Å². The number of nitrogens with one attached hydrogen (secondary N) is 2. The summed E-state index contributed by atoms with van der Waals surface area (Å²) in [5.74, 6) is 0.565. The zero-order valence-corrected chi connectivity index (χ0v) is 14.3. The van der Waals surface area contributed by atoms with Crippen LogP contribution in [0, 0.1) is 5.41 Å². The molecule has 3 rings (SSSR count). The molecule has 0 fully saturated rings. The normalized spacial score (nSPS) is 10.3. The third kappa shape index (κ3) is 3.75. The van der Waals surface area contributed by atoms with E-state index in [-0.39, 0.29) is 0 Å². The van der Waals surface area contributed by atoms with Crippen molar-refractivity contribution in [3.8, 4) is 0 Å². The number of hydrogen-bond acceptors (Lipinski definition) is 4. The van der Waals surface area contributed by atoms with Gasteiger partial charge < -0.3 is 5.32 Å². The van der Waals surface area contributed by atoms with Crippen LogP contribution in [0.4, 0.5) is 11.5 Å². The predicted molar refractivity (Wildman–Crippen MR) is 96.8 cm³/mol. The van der Waals surface area contributed by atoms with Crippen LogP contribution in [-0.2, 0) is 0 Å². The zero-order chi connectivity index (χ0) is 16.2. The maximum absolute atomic E-state index is 8.43. The smallest absolute Gasteiger partial charge is 0.143 e. The van der Waals surface area contributed by atoms with E-state index in [1.165, 1.54) is 6.33 Å². The highest BCUT2D eigenvalue weighted by atomic mass is 79.9. The molecule has 0 bridgehead atoms. The Morgan fingerprint density at radius 1 is 1.13 bits per heavy atom. The van der Waals surface area contributed by atoms with Crippen molar-refractivity contribution in [2.24, 2.45) is 0 Å². The molecule has 0 unspecified atom stereocenters. The zero-order valence-electron chi connectivity index (χ0n) is 11.9. The van der Waals surface area contributed by atoms with Crippen LogP contribution in [0.25, 0.3) is 0 Å². The van der Waals surface area contributed by atoms with Crippen molar-refractivity contribution in [2.45, 2.75) is 0 Å². The van der Waals surface area contributed by atoms with Crippen molar-refractivity contribution >= 4 is 44.7 Å². The summed E-state index contributed by atoms with van der Waals surface area (Å²) in [6.45, 7) is 0. The van der Waals surface area contributed by atoms with Crippen LogP contribution in [0.15, 0.2) is 65.5 Å². The molecule has 6 heteroatoms. The highest BCUT2D eigenvalue weighted by Crippen LogP contribution is 2.23. The summed E-state index contributed by atoms with van der Waals surface area (Å²) in [5, 5.41) is 12.3. The molecule has 0 saturated heterocycles. The topological polar surface area (TPSA) is 61.7 Å². The first-order chi connectivity index (χ1) is 11.1. The molecule has 0 radical (unpaired) electrons. The molecule has 1 heterocycles. The second-order valence-corrected chi connectivity index (χ2v) is 6.15. The van der Waals surface area contributed by atoms with E-state index in [4.69, 9.17) is 17.0 Å². The summed E-state index contributed by atoms with van der Waals surface area (Å²) >= 11 is 9.40. The number of rotatable bonds is 4. The van der Waals surface area contributed by atoms with Gasteiger partial charge in [-0.05, 0) is 30.3 Å². The third-order valence-corrected chi connectivity index (χ3v) is 3.97. The monoisotopic (exact) mass is 386 g/mol. The Kier molecular flexibility index (Phi) is 4.69. The summed E-state index contributed by atoms with van der Waals surface area (Å²) in [7, 11) is 0. The molecule has 0 aliphatic carbocycles. The maximum atomic E-state index is 8.43. The summed E-state index contributed by atoms with van der Waals surface area (Å²) in [5.41, 5.74) is 2.57. The quantitative estimate of drug-likeness (QED) is 0.616. The first-order valence-corrected chi connectivity index (χ1v) is 7.98. The van der Waals surface area contributed by atoms with Gasteiger partial charge in [0, 0.05) is 26.9 Å². The minimum Gasteiger partial charge on any atom is -0.340 e. The Labute approximate surface area is 147 Å². The summed E-state index contributed by atoms with van der Waals surface area (Å²) in [4.78, 5) is 8.29. The number of anilines is 2. The number of aromatic nitrogens is 2. The fourth-order valence-corrected chi connectivity index (χ4v) is 2.54. The van der Waals surface area contributed by atoms with Gasteiger partial charge in [0.2, 0.25) is 0 Å². The molecule has 0 saturated carbocycles. The first-order valence-electron chi connectivity index (χ1n) is 6.81. The van der Waals surface area contributed by atoms with Crippen LogP contribution in [0.2, 0.25) is 5.02 Å². The SMILES string of the molecule is N=C(c1ccc(Br)cc1)c1cncnc1Nc1cccc(Cl)c1. The highest BCUT2D eigenvalue weighted by Gasteiger charge is 2.12. The Morgan fingerprint density at radius 3 is 2.65 bits per heavy atom. The van der Waals surface area contributed by atoms with Gasteiger partial charge in [-0.1, -0.05) is 45.7 Å². The van der Waals surface area contributed by atoms with Gasteiger partial charge in [0.1, 0.15) is 12.1 Å². The molecule has 3 aromatic rings. The largest absolute Gasteiger partial charge is 0.340 e. The van der Waals surface area contributed by atoms with Gasteiger partial charge in [-0.25, -0.2) is 9.97 Å². The molecule has 4 nitrogen and oxygen atoms in total. The maximum Gasteiger partial charge on any atom is 0.143 e. The van der Waals surface area contributed by atoms with Crippen LogP contribution in [0.3, 0.4) is 0 Å². The number of hydrogen-bond donors (Lipinski definition) is 2. The van der Waals surface area contributed by atoms with E-state index in [2.05, 4.69) is 31.2 Å².